The molecule has 0 bridgehead atoms. The van der Waals surface area contributed by atoms with Gasteiger partial charge in [0.1, 0.15) is 0 Å². The fourth-order valence-electron chi connectivity index (χ4n) is 2.34. The van der Waals surface area contributed by atoms with Crippen LogP contribution in [0.2, 0.25) is 0 Å². The highest BCUT2D eigenvalue weighted by molar-refractivity contribution is 5.39. The van der Waals surface area contributed by atoms with E-state index in [2.05, 4.69) is 22.1 Å². The van der Waals surface area contributed by atoms with Gasteiger partial charge in [-0.2, -0.15) is 0 Å². The molecule has 1 saturated heterocycles. The van der Waals surface area contributed by atoms with Gasteiger partial charge in [0.2, 0.25) is 0 Å². The van der Waals surface area contributed by atoms with Gasteiger partial charge >= 0.3 is 0 Å². The number of hydrogen-bond donors (Lipinski definition) is 1. The Labute approximate surface area is 102 Å². The summed E-state index contributed by atoms with van der Waals surface area (Å²) in [6.45, 7) is 4.89. The van der Waals surface area contributed by atoms with E-state index in [0.29, 0.717) is 11.9 Å². The topological polar surface area (TPSA) is 28.2 Å². The number of rotatable bonds is 5. The molecule has 0 aromatic carbocycles. The largest absolute Gasteiger partial charge is 0.353 e. The third-order valence-electron chi connectivity index (χ3n) is 3.14. The summed E-state index contributed by atoms with van der Waals surface area (Å²) in [6.07, 6.45) is 5.05. The third-order valence-corrected chi connectivity index (χ3v) is 3.14. The molecule has 1 N–H and O–H groups in total. The number of nitrogens with zero attached hydrogens (tertiary/aromatic N) is 2. The Balaban J connectivity index is 2.08. The van der Waals surface area contributed by atoms with Crippen molar-refractivity contribution in [2.45, 2.75) is 32.2 Å². The molecule has 2 heterocycles. The molecular weight excluding hydrogens is 217 g/mol. The summed E-state index contributed by atoms with van der Waals surface area (Å²) < 4.78 is 13.7. The summed E-state index contributed by atoms with van der Waals surface area (Å²) in [7, 11) is 0. The molecule has 0 saturated carbocycles. The van der Waals surface area contributed by atoms with Gasteiger partial charge in [-0.05, 0) is 37.9 Å². The zero-order chi connectivity index (χ0) is 12.1. The van der Waals surface area contributed by atoms with Gasteiger partial charge in [0.15, 0.2) is 11.6 Å². The fraction of sp³-hybridized carbons (Fsp3) is 0.615. The normalized spacial score (nSPS) is 19.5. The van der Waals surface area contributed by atoms with E-state index in [0.717, 1.165) is 26.1 Å². The van der Waals surface area contributed by atoms with E-state index in [4.69, 9.17) is 0 Å². The predicted octanol–water partition coefficient (Wildman–Crippen LogP) is 2.19. The molecule has 17 heavy (non-hydrogen) atoms. The van der Waals surface area contributed by atoms with Gasteiger partial charge in [0.05, 0.1) is 0 Å². The summed E-state index contributed by atoms with van der Waals surface area (Å²) in [5.41, 5.74) is 0. The zero-order valence-corrected chi connectivity index (χ0v) is 10.3. The molecule has 4 heteroatoms. The first kappa shape index (κ1) is 12.3. The first-order valence-corrected chi connectivity index (χ1v) is 6.40. The van der Waals surface area contributed by atoms with Crippen molar-refractivity contribution in [3.05, 3.63) is 24.1 Å². The van der Waals surface area contributed by atoms with Gasteiger partial charge in [-0.1, -0.05) is 6.92 Å². The average molecular weight is 237 g/mol. The highest BCUT2D eigenvalue weighted by Crippen LogP contribution is 2.17. The lowest BCUT2D eigenvalue weighted by atomic mass is 10.2. The summed E-state index contributed by atoms with van der Waals surface area (Å²) in [4.78, 5) is 6.22. The van der Waals surface area contributed by atoms with Gasteiger partial charge in [-0.3, -0.25) is 0 Å². The van der Waals surface area contributed by atoms with E-state index < -0.39 is 0 Å². The number of anilines is 1. The minimum absolute atomic E-state index is 0.223. The number of pyridine rings is 1. The average Bonchev–Trinajstić information content (AvgIpc) is 2.82. The Kier molecular flexibility index (Phi) is 4.31. The Bertz CT molecular complexity index is 350. The van der Waals surface area contributed by atoms with Crippen molar-refractivity contribution in [1.29, 1.82) is 0 Å². The molecule has 0 radical (unpaired) electrons. The summed E-state index contributed by atoms with van der Waals surface area (Å²) in [5, 5.41) is 3.44. The van der Waals surface area contributed by atoms with Gasteiger partial charge < -0.3 is 10.2 Å². The second kappa shape index (κ2) is 5.96. The monoisotopic (exact) mass is 237 g/mol. The molecule has 1 aromatic rings. The number of aromatic nitrogens is 1. The molecule has 1 aliphatic heterocycles. The number of hydrogen-bond acceptors (Lipinski definition) is 3. The third kappa shape index (κ3) is 3.16. The molecule has 0 amide bonds. The molecule has 1 unspecified atom stereocenters. The fourth-order valence-corrected chi connectivity index (χ4v) is 2.34. The summed E-state index contributed by atoms with van der Waals surface area (Å²) in [5.74, 6) is 0.266. The molecule has 94 valence electrons. The van der Waals surface area contributed by atoms with Crippen LogP contribution in [0.15, 0.2) is 18.3 Å². The number of halogens is 1. The lowest BCUT2D eigenvalue weighted by Gasteiger charge is -2.26. The van der Waals surface area contributed by atoms with Crippen molar-refractivity contribution in [3.63, 3.8) is 0 Å². The number of nitrogens with one attached hydrogen (secondary N) is 1. The second-order valence-electron chi connectivity index (χ2n) is 4.55. The van der Waals surface area contributed by atoms with Crippen LogP contribution in [-0.2, 0) is 0 Å². The smallest absolute Gasteiger partial charge is 0.165 e. The molecule has 1 aliphatic rings. The van der Waals surface area contributed by atoms with Crippen molar-refractivity contribution in [1.82, 2.24) is 10.3 Å². The highest BCUT2D eigenvalue weighted by atomic mass is 19.1. The Morgan fingerprint density at radius 2 is 2.47 bits per heavy atom. The van der Waals surface area contributed by atoms with Crippen LogP contribution in [0.4, 0.5) is 10.2 Å². The van der Waals surface area contributed by atoms with Crippen LogP contribution >= 0.6 is 0 Å². The van der Waals surface area contributed by atoms with Gasteiger partial charge in [-0.15, -0.1) is 0 Å². The minimum Gasteiger partial charge on any atom is -0.353 e. The quantitative estimate of drug-likeness (QED) is 0.851. The van der Waals surface area contributed by atoms with E-state index in [1.165, 1.54) is 18.9 Å². The molecule has 1 aromatic heterocycles. The van der Waals surface area contributed by atoms with E-state index in [-0.39, 0.29) is 5.82 Å². The minimum atomic E-state index is -0.223. The van der Waals surface area contributed by atoms with Crippen LogP contribution in [0.5, 0.6) is 0 Å². The molecule has 0 spiro atoms. The maximum atomic E-state index is 13.7. The highest BCUT2D eigenvalue weighted by Gasteiger charge is 2.20. The Morgan fingerprint density at radius 1 is 1.59 bits per heavy atom. The van der Waals surface area contributed by atoms with E-state index in [1.807, 2.05) is 0 Å². The Morgan fingerprint density at radius 3 is 3.12 bits per heavy atom. The summed E-state index contributed by atoms with van der Waals surface area (Å²) in [6, 6.07) is 3.59. The summed E-state index contributed by atoms with van der Waals surface area (Å²) >= 11 is 0. The van der Waals surface area contributed by atoms with Crippen LogP contribution < -0.4 is 10.2 Å². The predicted molar refractivity (Wildman–Crippen MR) is 67.7 cm³/mol. The van der Waals surface area contributed by atoms with E-state index >= 15 is 0 Å². The SMILES string of the molecule is CCCN(CC1CCCN1)c1ncccc1F. The second-order valence-corrected chi connectivity index (χ2v) is 4.55. The Hall–Kier alpha value is -1.16. The standard InChI is InChI=1S/C13H20FN3/c1-2-9-17(10-11-5-3-7-15-11)13-12(14)6-4-8-16-13/h4,6,8,11,15H,2-3,5,7,9-10H2,1H3. The van der Waals surface area contributed by atoms with Crippen LogP contribution in [0.25, 0.3) is 0 Å². The first-order valence-electron chi connectivity index (χ1n) is 6.40. The van der Waals surface area contributed by atoms with Crippen LogP contribution in [0, 0.1) is 5.82 Å². The van der Waals surface area contributed by atoms with Gasteiger partial charge in [0, 0.05) is 25.3 Å². The zero-order valence-electron chi connectivity index (χ0n) is 10.3. The van der Waals surface area contributed by atoms with Crippen LogP contribution in [0.1, 0.15) is 26.2 Å². The van der Waals surface area contributed by atoms with Gasteiger partial charge in [-0.25, -0.2) is 9.37 Å². The molecule has 0 aliphatic carbocycles. The van der Waals surface area contributed by atoms with Gasteiger partial charge in [0.25, 0.3) is 0 Å². The van der Waals surface area contributed by atoms with Crippen LogP contribution in [0.3, 0.4) is 0 Å². The van der Waals surface area contributed by atoms with E-state index in [1.54, 1.807) is 12.3 Å². The molecule has 1 fully saturated rings. The van der Waals surface area contributed by atoms with E-state index in [9.17, 15) is 4.39 Å². The lowest BCUT2D eigenvalue weighted by molar-refractivity contribution is 0.556. The van der Waals surface area contributed by atoms with Crippen molar-refractivity contribution in [2.75, 3.05) is 24.5 Å². The van der Waals surface area contributed by atoms with Crippen molar-refractivity contribution < 1.29 is 4.39 Å². The molecule has 1 atom stereocenters. The maximum Gasteiger partial charge on any atom is 0.165 e. The molecule has 3 nitrogen and oxygen atoms in total. The van der Waals surface area contributed by atoms with Crippen molar-refractivity contribution in [3.8, 4) is 0 Å². The lowest BCUT2D eigenvalue weighted by Crippen LogP contribution is -2.38. The molecular formula is C13H20FN3. The first-order chi connectivity index (χ1) is 8.31. The van der Waals surface area contributed by atoms with Crippen LogP contribution in [-0.4, -0.2) is 30.7 Å². The molecule has 2 rings (SSSR count). The maximum absolute atomic E-state index is 13.7. The van der Waals surface area contributed by atoms with Crippen molar-refractivity contribution in [2.24, 2.45) is 0 Å². The van der Waals surface area contributed by atoms with Crippen molar-refractivity contribution >= 4 is 5.82 Å².